The Morgan fingerprint density at radius 2 is 1.96 bits per heavy atom. The van der Waals surface area contributed by atoms with Crippen molar-refractivity contribution in [1.29, 1.82) is 0 Å². The topological polar surface area (TPSA) is 58.0 Å². The van der Waals surface area contributed by atoms with Crippen LogP contribution in [0.15, 0.2) is 54.9 Å². The number of nitrogens with zero attached hydrogens (tertiary/aromatic N) is 2. The smallest absolute Gasteiger partial charge is 0.142 e. The van der Waals surface area contributed by atoms with E-state index in [0.717, 1.165) is 27.6 Å². The van der Waals surface area contributed by atoms with Crippen LogP contribution >= 0.6 is 11.3 Å². The molecule has 0 aliphatic heterocycles. The highest BCUT2D eigenvalue weighted by atomic mass is 32.1. The maximum Gasteiger partial charge on any atom is 0.142 e. The summed E-state index contributed by atoms with van der Waals surface area (Å²) in [6.07, 6.45) is 4.67. The van der Waals surface area contributed by atoms with Crippen LogP contribution in [0.1, 0.15) is 29.0 Å². The molecule has 2 N–H and O–H groups in total. The highest BCUT2D eigenvalue weighted by Crippen LogP contribution is 2.23. The second-order valence-corrected chi connectivity index (χ2v) is 6.67. The van der Waals surface area contributed by atoms with E-state index in [1.54, 1.807) is 17.5 Å². The summed E-state index contributed by atoms with van der Waals surface area (Å²) in [6.45, 7) is 2.88. The van der Waals surface area contributed by atoms with Gasteiger partial charge in [-0.1, -0.05) is 37.3 Å². The largest absolute Gasteiger partial charge is 0.394 e. The van der Waals surface area contributed by atoms with E-state index in [1.807, 2.05) is 24.4 Å². The molecule has 0 saturated heterocycles. The lowest BCUT2D eigenvalue weighted by atomic mass is 10.0. The average molecular weight is 339 g/mol. The Balaban J connectivity index is 1.64. The van der Waals surface area contributed by atoms with E-state index in [0.29, 0.717) is 6.54 Å². The fraction of sp³-hybridized carbons (Fsp3) is 0.263. The molecule has 0 aliphatic rings. The molecule has 1 atom stereocenters. The third-order valence-electron chi connectivity index (χ3n) is 3.93. The van der Waals surface area contributed by atoms with Gasteiger partial charge in [-0.3, -0.25) is 4.98 Å². The van der Waals surface area contributed by atoms with Crippen molar-refractivity contribution in [3.63, 3.8) is 0 Å². The molecule has 24 heavy (non-hydrogen) atoms. The molecular weight excluding hydrogens is 318 g/mol. The predicted octanol–water partition coefficient (Wildman–Crippen LogP) is 3.59. The van der Waals surface area contributed by atoms with E-state index in [-0.39, 0.29) is 12.6 Å². The van der Waals surface area contributed by atoms with Crippen LogP contribution in [0.2, 0.25) is 0 Å². The highest BCUT2D eigenvalue weighted by Gasteiger charge is 2.11. The minimum atomic E-state index is -0.0729. The quantitative estimate of drug-likeness (QED) is 0.691. The Morgan fingerprint density at radius 1 is 1.12 bits per heavy atom. The van der Waals surface area contributed by atoms with E-state index in [4.69, 9.17) is 0 Å². The van der Waals surface area contributed by atoms with Gasteiger partial charge in [-0.15, -0.1) is 11.3 Å². The first-order valence-corrected chi connectivity index (χ1v) is 8.91. The molecule has 0 fully saturated rings. The fourth-order valence-electron chi connectivity index (χ4n) is 2.49. The van der Waals surface area contributed by atoms with Crippen molar-refractivity contribution in [3.05, 3.63) is 70.9 Å². The monoisotopic (exact) mass is 339 g/mol. The number of aromatic nitrogens is 2. The van der Waals surface area contributed by atoms with E-state index < -0.39 is 0 Å². The van der Waals surface area contributed by atoms with Crippen molar-refractivity contribution in [2.45, 2.75) is 25.9 Å². The number of aliphatic hydroxyl groups is 1. The lowest BCUT2D eigenvalue weighted by molar-refractivity contribution is 0.244. The Morgan fingerprint density at radius 3 is 2.62 bits per heavy atom. The summed E-state index contributed by atoms with van der Waals surface area (Å²) in [5.41, 5.74) is 3.30. The molecule has 0 saturated carbocycles. The van der Waals surface area contributed by atoms with Gasteiger partial charge in [0.2, 0.25) is 0 Å². The summed E-state index contributed by atoms with van der Waals surface area (Å²) >= 11 is 1.62. The molecule has 0 amide bonds. The number of benzene rings is 1. The first-order chi connectivity index (χ1) is 11.8. The average Bonchev–Trinajstić information content (AvgIpc) is 3.12. The van der Waals surface area contributed by atoms with Crippen molar-refractivity contribution < 1.29 is 5.11 Å². The van der Waals surface area contributed by atoms with E-state index >= 15 is 0 Å². The molecule has 0 bridgehead atoms. The minimum absolute atomic E-state index is 0.0668. The van der Waals surface area contributed by atoms with Crippen LogP contribution in [0, 0.1) is 0 Å². The van der Waals surface area contributed by atoms with Crippen molar-refractivity contribution >= 4 is 11.3 Å². The van der Waals surface area contributed by atoms with Crippen LogP contribution in [-0.4, -0.2) is 21.7 Å². The molecule has 0 spiro atoms. The number of thiazole rings is 1. The molecule has 2 aromatic heterocycles. The molecular formula is C19H21N3OS. The van der Waals surface area contributed by atoms with Crippen molar-refractivity contribution in [3.8, 4) is 10.7 Å². The van der Waals surface area contributed by atoms with Gasteiger partial charge in [0, 0.05) is 23.8 Å². The van der Waals surface area contributed by atoms with E-state index in [9.17, 15) is 5.11 Å². The summed E-state index contributed by atoms with van der Waals surface area (Å²) in [5.74, 6) is 0. The summed E-state index contributed by atoms with van der Waals surface area (Å²) in [4.78, 5) is 9.89. The molecule has 124 valence electrons. The zero-order valence-corrected chi connectivity index (χ0v) is 14.5. The van der Waals surface area contributed by atoms with Gasteiger partial charge in [0.1, 0.15) is 5.01 Å². The number of rotatable bonds is 7. The number of hydrogen-bond donors (Lipinski definition) is 2. The number of aryl methyl sites for hydroxylation is 1. The van der Waals surface area contributed by atoms with Gasteiger partial charge >= 0.3 is 0 Å². The SMILES string of the molecule is CCc1ccc(C(CO)NCc2cnc(-c3ccccn3)s2)cc1. The number of nitrogens with one attached hydrogen (secondary N) is 1. The Labute approximate surface area is 146 Å². The molecule has 3 rings (SSSR count). The summed E-state index contributed by atoms with van der Waals surface area (Å²) < 4.78 is 0. The van der Waals surface area contributed by atoms with Gasteiger partial charge in [0.05, 0.1) is 18.3 Å². The molecule has 3 aromatic rings. The Bertz CT molecular complexity index is 756. The van der Waals surface area contributed by atoms with Crippen molar-refractivity contribution in [2.24, 2.45) is 0 Å². The highest BCUT2D eigenvalue weighted by molar-refractivity contribution is 7.14. The van der Waals surface area contributed by atoms with Crippen LogP contribution in [0.4, 0.5) is 0 Å². The second-order valence-electron chi connectivity index (χ2n) is 5.56. The van der Waals surface area contributed by atoms with Gasteiger partial charge in [0.15, 0.2) is 0 Å². The Hall–Kier alpha value is -2.08. The zero-order valence-electron chi connectivity index (χ0n) is 13.6. The summed E-state index contributed by atoms with van der Waals surface area (Å²) in [7, 11) is 0. The normalized spacial score (nSPS) is 12.2. The first-order valence-electron chi connectivity index (χ1n) is 8.09. The molecule has 0 aliphatic carbocycles. The zero-order chi connectivity index (χ0) is 16.8. The van der Waals surface area contributed by atoms with Crippen LogP contribution in [0.5, 0.6) is 0 Å². The van der Waals surface area contributed by atoms with Crippen LogP contribution in [0.25, 0.3) is 10.7 Å². The molecule has 1 unspecified atom stereocenters. The van der Waals surface area contributed by atoms with Gasteiger partial charge in [-0.05, 0) is 29.7 Å². The van der Waals surface area contributed by atoms with Crippen LogP contribution in [0.3, 0.4) is 0 Å². The first kappa shape index (κ1) is 16.8. The van der Waals surface area contributed by atoms with Gasteiger partial charge < -0.3 is 10.4 Å². The van der Waals surface area contributed by atoms with E-state index in [1.165, 1.54) is 5.56 Å². The molecule has 0 radical (unpaired) electrons. The number of pyridine rings is 1. The summed E-state index contributed by atoms with van der Waals surface area (Å²) in [6, 6.07) is 14.1. The molecule has 4 nitrogen and oxygen atoms in total. The third-order valence-corrected chi connectivity index (χ3v) is 4.95. The lowest BCUT2D eigenvalue weighted by Gasteiger charge is -2.16. The molecule has 1 aromatic carbocycles. The van der Waals surface area contributed by atoms with Gasteiger partial charge in [-0.2, -0.15) is 0 Å². The number of hydrogen-bond acceptors (Lipinski definition) is 5. The second kappa shape index (κ2) is 8.15. The van der Waals surface area contributed by atoms with E-state index in [2.05, 4.69) is 46.5 Å². The third kappa shape index (κ3) is 4.06. The maximum atomic E-state index is 9.68. The van der Waals surface area contributed by atoms with Crippen LogP contribution < -0.4 is 5.32 Å². The van der Waals surface area contributed by atoms with Crippen LogP contribution in [-0.2, 0) is 13.0 Å². The van der Waals surface area contributed by atoms with Crippen molar-refractivity contribution in [1.82, 2.24) is 15.3 Å². The predicted molar refractivity (Wildman–Crippen MR) is 97.8 cm³/mol. The maximum absolute atomic E-state index is 9.68. The van der Waals surface area contributed by atoms with Crippen molar-refractivity contribution in [2.75, 3.05) is 6.61 Å². The number of aliphatic hydroxyl groups excluding tert-OH is 1. The summed E-state index contributed by atoms with van der Waals surface area (Å²) in [5, 5.41) is 14.0. The van der Waals surface area contributed by atoms with Gasteiger partial charge in [0.25, 0.3) is 0 Å². The standard InChI is InChI=1S/C19H21N3OS/c1-2-14-6-8-15(9-7-14)18(13-23)21-11-16-12-22-19(24-16)17-5-3-4-10-20-17/h3-10,12,18,21,23H,2,11,13H2,1H3. The minimum Gasteiger partial charge on any atom is -0.394 e. The molecule has 2 heterocycles. The molecule has 5 heteroatoms. The fourth-order valence-corrected chi connectivity index (χ4v) is 3.33. The lowest BCUT2D eigenvalue weighted by Crippen LogP contribution is -2.23. The van der Waals surface area contributed by atoms with Gasteiger partial charge in [-0.25, -0.2) is 4.98 Å². The Kier molecular flexibility index (Phi) is 5.69.